The molecule has 1 heterocycles. The average molecular weight is 318 g/mol. The lowest BCUT2D eigenvalue weighted by Crippen LogP contribution is -1.77. The normalized spacial score (nSPS) is 10.8. The maximum Gasteiger partial charge on any atom is 0.247 e. The molecular weight excluding hydrogens is 312 g/mol. The molecule has 0 aliphatic carbocycles. The zero-order valence-electron chi connectivity index (χ0n) is 7.02. The number of hydrogen-bond donors (Lipinski definition) is 0. The molecule has 5 heteroatoms. The van der Waals surface area contributed by atoms with Crippen LogP contribution in [0.5, 0.6) is 0 Å². The van der Waals surface area contributed by atoms with Gasteiger partial charge in [-0.2, -0.15) is 0 Å². The van der Waals surface area contributed by atoms with E-state index in [1.807, 2.05) is 30.3 Å². The van der Waals surface area contributed by atoms with E-state index in [1.54, 1.807) is 0 Å². The second-order valence-electron chi connectivity index (χ2n) is 2.61. The SMILES string of the molecule is BrC(Br)c1nnc(-c2ccccc2)o1. The summed E-state index contributed by atoms with van der Waals surface area (Å²) in [6, 6.07) is 9.65. The molecule has 0 radical (unpaired) electrons. The predicted molar refractivity (Wildman–Crippen MR) is 60.3 cm³/mol. The first-order chi connectivity index (χ1) is 6.77. The molecule has 3 nitrogen and oxygen atoms in total. The van der Waals surface area contributed by atoms with Gasteiger partial charge < -0.3 is 4.42 Å². The molecule has 0 aliphatic heterocycles. The van der Waals surface area contributed by atoms with Crippen LogP contribution in [0.2, 0.25) is 0 Å². The van der Waals surface area contributed by atoms with E-state index in [2.05, 4.69) is 42.1 Å². The van der Waals surface area contributed by atoms with Crippen molar-refractivity contribution in [2.75, 3.05) is 0 Å². The van der Waals surface area contributed by atoms with E-state index in [0.29, 0.717) is 11.8 Å². The summed E-state index contributed by atoms with van der Waals surface area (Å²) in [7, 11) is 0. The van der Waals surface area contributed by atoms with Crippen LogP contribution in [-0.4, -0.2) is 10.2 Å². The Balaban J connectivity index is 2.34. The Kier molecular flexibility index (Phi) is 2.98. The minimum absolute atomic E-state index is 0.0973. The first kappa shape index (κ1) is 9.86. The summed E-state index contributed by atoms with van der Waals surface area (Å²) in [6.07, 6.45) is 0. The van der Waals surface area contributed by atoms with Crippen LogP contribution in [0, 0.1) is 0 Å². The van der Waals surface area contributed by atoms with E-state index in [4.69, 9.17) is 4.42 Å². The maximum absolute atomic E-state index is 5.42. The molecule has 0 spiro atoms. The largest absolute Gasteiger partial charge is 0.419 e. The summed E-state index contributed by atoms with van der Waals surface area (Å²) in [6.45, 7) is 0. The number of benzene rings is 1. The Morgan fingerprint density at radius 2 is 1.79 bits per heavy atom. The number of halogens is 2. The molecule has 72 valence electrons. The van der Waals surface area contributed by atoms with E-state index in [-0.39, 0.29) is 3.74 Å². The van der Waals surface area contributed by atoms with Gasteiger partial charge in [0.15, 0.2) is 0 Å². The lowest BCUT2D eigenvalue weighted by molar-refractivity contribution is 0.529. The highest BCUT2D eigenvalue weighted by atomic mass is 79.9. The molecule has 0 aliphatic rings. The third-order valence-corrected chi connectivity index (χ3v) is 2.43. The van der Waals surface area contributed by atoms with E-state index in [1.165, 1.54) is 0 Å². The van der Waals surface area contributed by atoms with Gasteiger partial charge in [-0.05, 0) is 12.1 Å². The molecule has 0 saturated heterocycles. The highest BCUT2D eigenvalue weighted by molar-refractivity contribution is 9.24. The maximum atomic E-state index is 5.42. The third kappa shape index (κ3) is 2.04. The molecule has 0 saturated carbocycles. The highest BCUT2D eigenvalue weighted by Gasteiger charge is 2.12. The summed E-state index contributed by atoms with van der Waals surface area (Å²) in [5, 5.41) is 7.81. The van der Waals surface area contributed by atoms with Crippen molar-refractivity contribution >= 4 is 31.9 Å². The highest BCUT2D eigenvalue weighted by Crippen LogP contribution is 2.29. The standard InChI is InChI=1S/C9H6Br2N2O/c10-7(11)9-13-12-8(14-9)6-4-2-1-3-5-6/h1-5,7H. The molecule has 0 atom stereocenters. The smallest absolute Gasteiger partial charge is 0.247 e. The molecule has 0 unspecified atom stereocenters. The van der Waals surface area contributed by atoms with Crippen molar-refractivity contribution in [2.24, 2.45) is 0 Å². The van der Waals surface area contributed by atoms with Gasteiger partial charge in [-0.3, -0.25) is 0 Å². The van der Waals surface area contributed by atoms with E-state index < -0.39 is 0 Å². The summed E-state index contributed by atoms with van der Waals surface area (Å²) in [5.41, 5.74) is 0.923. The van der Waals surface area contributed by atoms with Crippen molar-refractivity contribution in [3.63, 3.8) is 0 Å². The molecule has 0 amide bonds. The number of hydrogen-bond acceptors (Lipinski definition) is 3. The number of rotatable bonds is 2. The van der Waals surface area contributed by atoms with Gasteiger partial charge in [0.2, 0.25) is 11.8 Å². The lowest BCUT2D eigenvalue weighted by Gasteiger charge is -1.93. The van der Waals surface area contributed by atoms with Crippen LogP contribution in [-0.2, 0) is 0 Å². The van der Waals surface area contributed by atoms with Crippen molar-refractivity contribution in [3.8, 4) is 11.5 Å². The van der Waals surface area contributed by atoms with Crippen LogP contribution in [0.15, 0.2) is 34.7 Å². The minimum atomic E-state index is -0.0973. The van der Waals surface area contributed by atoms with E-state index in [9.17, 15) is 0 Å². The number of aromatic nitrogens is 2. The molecule has 14 heavy (non-hydrogen) atoms. The van der Waals surface area contributed by atoms with Crippen molar-refractivity contribution in [1.82, 2.24) is 10.2 Å². The molecule has 0 bridgehead atoms. The van der Waals surface area contributed by atoms with Crippen molar-refractivity contribution < 1.29 is 4.42 Å². The molecule has 0 N–H and O–H groups in total. The van der Waals surface area contributed by atoms with E-state index in [0.717, 1.165) is 5.56 Å². The molecule has 1 aromatic carbocycles. The summed E-state index contributed by atoms with van der Waals surface area (Å²) in [4.78, 5) is 0. The summed E-state index contributed by atoms with van der Waals surface area (Å²) < 4.78 is 5.32. The Labute approximate surface area is 97.8 Å². The molecule has 1 aromatic heterocycles. The van der Waals surface area contributed by atoms with Crippen molar-refractivity contribution in [1.29, 1.82) is 0 Å². The van der Waals surface area contributed by atoms with Crippen LogP contribution in [0.25, 0.3) is 11.5 Å². The quantitative estimate of drug-likeness (QED) is 0.795. The second kappa shape index (κ2) is 4.23. The Hall–Kier alpha value is -0.680. The fraction of sp³-hybridized carbons (Fsp3) is 0.111. The topological polar surface area (TPSA) is 38.9 Å². The average Bonchev–Trinajstić information content (AvgIpc) is 2.68. The van der Waals surface area contributed by atoms with Gasteiger partial charge in [0, 0.05) is 5.56 Å². The van der Waals surface area contributed by atoms with Gasteiger partial charge in [0.05, 0.1) is 0 Å². The van der Waals surface area contributed by atoms with Gasteiger partial charge in [0.1, 0.15) is 3.74 Å². The van der Waals surface area contributed by atoms with Gasteiger partial charge in [0.25, 0.3) is 0 Å². The Bertz CT molecular complexity index is 414. The predicted octanol–water partition coefficient (Wildman–Crippen LogP) is 3.53. The fourth-order valence-electron chi connectivity index (χ4n) is 1.02. The molecule has 0 fully saturated rings. The van der Waals surface area contributed by atoms with E-state index >= 15 is 0 Å². The fourth-order valence-corrected chi connectivity index (χ4v) is 1.39. The summed E-state index contributed by atoms with van der Waals surface area (Å²) >= 11 is 6.58. The Morgan fingerprint density at radius 3 is 2.36 bits per heavy atom. The lowest BCUT2D eigenvalue weighted by atomic mass is 10.2. The third-order valence-electron chi connectivity index (χ3n) is 1.65. The van der Waals surface area contributed by atoms with Crippen LogP contribution in [0.4, 0.5) is 0 Å². The van der Waals surface area contributed by atoms with Crippen molar-refractivity contribution in [2.45, 2.75) is 3.74 Å². The number of alkyl halides is 2. The van der Waals surface area contributed by atoms with Gasteiger partial charge in [-0.25, -0.2) is 0 Å². The van der Waals surface area contributed by atoms with Gasteiger partial charge >= 0.3 is 0 Å². The zero-order valence-corrected chi connectivity index (χ0v) is 10.2. The molecule has 2 aromatic rings. The summed E-state index contributed by atoms with van der Waals surface area (Å²) in [5.74, 6) is 1.05. The van der Waals surface area contributed by atoms with Crippen LogP contribution in [0.3, 0.4) is 0 Å². The molecular formula is C9H6Br2N2O. The van der Waals surface area contributed by atoms with Crippen LogP contribution < -0.4 is 0 Å². The van der Waals surface area contributed by atoms with Crippen LogP contribution >= 0.6 is 31.9 Å². The van der Waals surface area contributed by atoms with Crippen LogP contribution in [0.1, 0.15) is 9.63 Å². The van der Waals surface area contributed by atoms with Gasteiger partial charge in [-0.15, -0.1) is 10.2 Å². The van der Waals surface area contributed by atoms with Crippen molar-refractivity contribution in [3.05, 3.63) is 36.2 Å². The minimum Gasteiger partial charge on any atom is -0.419 e. The second-order valence-corrected chi connectivity index (χ2v) is 5.67. The number of nitrogens with zero attached hydrogens (tertiary/aromatic N) is 2. The Morgan fingerprint density at radius 1 is 1.07 bits per heavy atom. The first-order valence-corrected chi connectivity index (χ1v) is 5.77. The first-order valence-electron chi connectivity index (χ1n) is 3.94. The zero-order chi connectivity index (χ0) is 9.97. The monoisotopic (exact) mass is 316 g/mol. The molecule has 2 rings (SSSR count). The van der Waals surface area contributed by atoms with Gasteiger partial charge in [-0.1, -0.05) is 50.1 Å².